The molecule has 0 saturated carbocycles. The summed E-state index contributed by atoms with van der Waals surface area (Å²) < 4.78 is 1.10. The molecule has 0 aliphatic heterocycles. The molecule has 1 heterocycles. The van der Waals surface area contributed by atoms with Gasteiger partial charge in [-0.05, 0) is 43.5 Å². The quantitative estimate of drug-likeness (QED) is 0.671. The lowest BCUT2D eigenvalue weighted by Crippen LogP contribution is -1.97. The summed E-state index contributed by atoms with van der Waals surface area (Å²) in [7, 11) is 0. The summed E-state index contributed by atoms with van der Waals surface area (Å²) in [6, 6.07) is 4.04. The van der Waals surface area contributed by atoms with E-state index in [4.69, 9.17) is 23.2 Å². The first kappa shape index (κ1) is 14.8. The van der Waals surface area contributed by atoms with Crippen molar-refractivity contribution < 1.29 is 0 Å². The average Bonchev–Trinajstić information content (AvgIpc) is 2.35. The van der Waals surface area contributed by atoms with Crippen LogP contribution >= 0.6 is 39.1 Å². The van der Waals surface area contributed by atoms with Gasteiger partial charge in [-0.2, -0.15) is 0 Å². The maximum atomic E-state index is 6.15. The SMILES string of the molecule is CCc1c(Cl)nc(-c2cc(C)c(Br)c(C)c2)nc1Cl. The molecular weight excluding hydrogens is 347 g/mol. The van der Waals surface area contributed by atoms with Gasteiger partial charge in [0.15, 0.2) is 5.82 Å². The third kappa shape index (κ3) is 2.93. The first-order chi connectivity index (χ1) is 8.93. The van der Waals surface area contributed by atoms with Gasteiger partial charge in [-0.15, -0.1) is 0 Å². The van der Waals surface area contributed by atoms with E-state index in [1.165, 1.54) is 0 Å². The Balaban J connectivity index is 2.60. The predicted octanol–water partition coefficient (Wildman–Crippen LogP) is 5.39. The van der Waals surface area contributed by atoms with E-state index in [0.717, 1.165) is 33.1 Å². The van der Waals surface area contributed by atoms with Crippen LogP contribution in [0.5, 0.6) is 0 Å². The largest absolute Gasteiger partial charge is 0.216 e. The van der Waals surface area contributed by atoms with E-state index in [0.29, 0.717) is 16.1 Å². The van der Waals surface area contributed by atoms with Crippen molar-refractivity contribution in [3.05, 3.63) is 43.6 Å². The Bertz CT molecular complexity index is 595. The smallest absolute Gasteiger partial charge is 0.162 e. The van der Waals surface area contributed by atoms with E-state index in [1.54, 1.807) is 0 Å². The lowest BCUT2D eigenvalue weighted by molar-refractivity contribution is 1.05. The standard InChI is InChI=1S/C14H13BrCl2N2/c1-4-10-12(16)18-14(19-13(10)17)9-5-7(2)11(15)8(3)6-9/h5-6H,4H2,1-3H3. The van der Waals surface area contributed by atoms with E-state index in [9.17, 15) is 0 Å². The third-order valence-corrected chi connectivity index (χ3v) is 4.83. The van der Waals surface area contributed by atoms with Gasteiger partial charge in [0.25, 0.3) is 0 Å². The highest BCUT2D eigenvalue weighted by Gasteiger charge is 2.12. The van der Waals surface area contributed by atoms with Crippen LogP contribution in [0, 0.1) is 13.8 Å². The van der Waals surface area contributed by atoms with E-state index < -0.39 is 0 Å². The van der Waals surface area contributed by atoms with Crippen LogP contribution in [0.1, 0.15) is 23.6 Å². The Morgan fingerprint density at radius 1 is 1.05 bits per heavy atom. The zero-order valence-corrected chi connectivity index (χ0v) is 14.0. The Morgan fingerprint density at radius 2 is 1.53 bits per heavy atom. The van der Waals surface area contributed by atoms with Crippen molar-refractivity contribution in [2.24, 2.45) is 0 Å². The lowest BCUT2D eigenvalue weighted by Gasteiger charge is -2.09. The molecule has 0 unspecified atom stereocenters. The van der Waals surface area contributed by atoms with Crippen molar-refractivity contribution in [1.82, 2.24) is 9.97 Å². The maximum Gasteiger partial charge on any atom is 0.162 e. The fourth-order valence-corrected chi connectivity index (χ4v) is 2.81. The highest BCUT2D eigenvalue weighted by atomic mass is 79.9. The first-order valence-electron chi connectivity index (χ1n) is 5.93. The summed E-state index contributed by atoms with van der Waals surface area (Å²) in [6.45, 7) is 6.04. The molecule has 0 bridgehead atoms. The number of aryl methyl sites for hydroxylation is 2. The normalized spacial score (nSPS) is 10.8. The monoisotopic (exact) mass is 358 g/mol. The molecule has 0 aliphatic rings. The average molecular weight is 360 g/mol. The molecule has 0 saturated heterocycles. The molecule has 0 radical (unpaired) electrons. The Labute approximate surface area is 131 Å². The molecule has 1 aromatic carbocycles. The molecule has 1 aromatic heterocycles. The molecule has 0 atom stereocenters. The molecule has 0 fully saturated rings. The van der Waals surface area contributed by atoms with Crippen LogP contribution in [0.2, 0.25) is 10.3 Å². The van der Waals surface area contributed by atoms with Crippen LogP contribution < -0.4 is 0 Å². The molecule has 100 valence electrons. The second kappa shape index (κ2) is 5.78. The van der Waals surface area contributed by atoms with Crippen molar-refractivity contribution in [2.75, 3.05) is 0 Å². The number of rotatable bonds is 2. The molecule has 19 heavy (non-hydrogen) atoms. The number of hydrogen-bond acceptors (Lipinski definition) is 2. The number of benzene rings is 1. The third-order valence-electron chi connectivity index (χ3n) is 2.95. The zero-order chi connectivity index (χ0) is 14.2. The number of aromatic nitrogens is 2. The van der Waals surface area contributed by atoms with Crippen LogP contribution in [0.4, 0.5) is 0 Å². The number of hydrogen-bond donors (Lipinski definition) is 0. The van der Waals surface area contributed by atoms with Gasteiger partial charge < -0.3 is 0 Å². The summed E-state index contributed by atoms with van der Waals surface area (Å²) in [5.74, 6) is 0.561. The fraction of sp³-hybridized carbons (Fsp3) is 0.286. The number of halogens is 3. The van der Waals surface area contributed by atoms with Gasteiger partial charge in [-0.3, -0.25) is 0 Å². The Kier molecular flexibility index (Phi) is 4.49. The summed E-state index contributed by atoms with van der Waals surface area (Å²) in [5, 5.41) is 0.853. The summed E-state index contributed by atoms with van der Waals surface area (Å²) >= 11 is 15.8. The molecule has 2 rings (SSSR count). The van der Waals surface area contributed by atoms with E-state index in [1.807, 2.05) is 32.9 Å². The molecule has 2 aromatic rings. The van der Waals surface area contributed by atoms with Crippen molar-refractivity contribution in [1.29, 1.82) is 0 Å². The molecule has 0 spiro atoms. The van der Waals surface area contributed by atoms with Crippen molar-refractivity contribution in [3.8, 4) is 11.4 Å². The van der Waals surface area contributed by atoms with Crippen LogP contribution in [0.25, 0.3) is 11.4 Å². The highest BCUT2D eigenvalue weighted by Crippen LogP contribution is 2.30. The van der Waals surface area contributed by atoms with Crippen LogP contribution in [-0.2, 0) is 6.42 Å². The van der Waals surface area contributed by atoms with Crippen LogP contribution in [0.3, 0.4) is 0 Å². The van der Waals surface area contributed by atoms with Gasteiger partial charge in [0.1, 0.15) is 10.3 Å². The molecular formula is C14H13BrCl2N2. The molecule has 5 heteroatoms. The summed E-state index contributed by atoms with van der Waals surface area (Å²) in [6.07, 6.45) is 0.719. The van der Waals surface area contributed by atoms with Gasteiger partial charge in [-0.1, -0.05) is 46.1 Å². The van der Waals surface area contributed by atoms with Gasteiger partial charge in [0, 0.05) is 15.6 Å². The first-order valence-corrected chi connectivity index (χ1v) is 7.48. The minimum atomic E-state index is 0.427. The zero-order valence-electron chi connectivity index (χ0n) is 10.9. The van der Waals surface area contributed by atoms with E-state index in [-0.39, 0.29) is 0 Å². The maximum absolute atomic E-state index is 6.15. The predicted molar refractivity (Wildman–Crippen MR) is 84.0 cm³/mol. The fourth-order valence-electron chi connectivity index (χ4n) is 1.93. The minimum Gasteiger partial charge on any atom is -0.216 e. The molecule has 2 nitrogen and oxygen atoms in total. The Hall–Kier alpha value is -0.640. The minimum absolute atomic E-state index is 0.427. The van der Waals surface area contributed by atoms with E-state index >= 15 is 0 Å². The number of nitrogens with zero attached hydrogens (tertiary/aromatic N) is 2. The summed E-state index contributed by atoms with van der Waals surface area (Å²) in [4.78, 5) is 8.68. The Morgan fingerprint density at radius 3 is 1.95 bits per heavy atom. The molecule has 0 amide bonds. The van der Waals surface area contributed by atoms with Gasteiger partial charge in [-0.25, -0.2) is 9.97 Å². The summed E-state index contributed by atoms with van der Waals surface area (Å²) in [5.41, 5.74) is 3.97. The lowest BCUT2D eigenvalue weighted by atomic mass is 10.1. The van der Waals surface area contributed by atoms with E-state index in [2.05, 4.69) is 25.9 Å². The second-order valence-corrected chi connectivity index (χ2v) is 5.89. The molecule has 0 aliphatic carbocycles. The van der Waals surface area contributed by atoms with Crippen molar-refractivity contribution in [2.45, 2.75) is 27.2 Å². The topological polar surface area (TPSA) is 25.8 Å². The van der Waals surface area contributed by atoms with Gasteiger partial charge in [0.2, 0.25) is 0 Å². The van der Waals surface area contributed by atoms with Crippen LogP contribution in [-0.4, -0.2) is 9.97 Å². The van der Waals surface area contributed by atoms with Gasteiger partial charge >= 0.3 is 0 Å². The van der Waals surface area contributed by atoms with Crippen molar-refractivity contribution >= 4 is 39.1 Å². The van der Waals surface area contributed by atoms with Gasteiger partial charge in [0.05, 0.1) is 0 Å². The van der Waals surface area contributed by atoms with Crippen molar-refractivity contribution in [3.63, 3.8) is 0 Å². The van der Waals surface area contributed by atoms with Crippen LogP contribution in [0.15, 0.2) is 16.6 Å². The highest BCUT2D eigenvalue weighted by molar-refractivity contribution is 9.10. The second-order valence-electron chi connectivity index (χ2n) is 4.38. The molecule has 0 N–H and O–H groups in total.